The lowest BCUT2D eigenvalue weighted by Gasteiger charge is -2.14. The van der Waals surface area contributed by atoms with E-state index >= 15 is 0 Å². The van der Waals surface area contributed by atoms with E-state index in [0.29, 0.717) is 17.5 Å². The van der Waals surface area contributed by atoms with E-state index in [1.54, 1.807) is 0 Å². The first-order valence-electron chi connectivity index (χ1n) is 26.6. The standard InChI is InChI=1S/C69H41N5O2.C2H6/c1-2-15-42(16-3-1)67-70-68(72-69(71-67)47-31-34-55-53-23-6-10-29-62(53)76-65(55)40-47)46-19-13-20-48(38-46)74-61-35-33-49(73-59-27-8-4-21-51(59)52-22-5-9-28-60(52)73)41-57(61)56-26-14-25-50(66(56)74)45-18-12-17-43(37-45)44-32-36-64-58(39-44)54-24-7-11-30-63(54)75-64;1-2/h1-41H;1-2H3. The monoisotopic (exact) mass is 1000 g/mol. The van der Waals surface area contributed by atoms with E-state index in [0.717, 1.165) is 116 Å². The molecule has 0 radical (unpaired) electrons. The molecule has 0 fully saturated rings. The zero-order valence-corrected chi connectivity index (χ0v) is 42.7. The van der Waals surface area contributed by atoms with Crippen molar-refractivity contribution in [3.63, 3.8) is 0 Å². The minimum Gasteiger partial charge on any atom is -0.456 e. The molecule has 0 bridgehead atoms. The number of hydrogen-bond donors (Lipinski definition) is 0. The highest BCUT2D eigenvalue weighted by molar-refractivity contribution is 6.16. The van der Waals surface area contributed by atoms with Crippen molar-refractivity contribution in [2.24, 2.45) is 0 Å². The molecule has 0 amide bonds. The Morgan fingerprint density at radius 1 is 0.269 bits per heavy atom. The third-order valence-electron chi connectivity index (χ3n) is 15.2. The molecule has 11 aromatic carbocycles. The smallest absolute Gasteiger partial charge is 0.164 e. The molecule has 0 aliphatic carbocycles. The quantitative estimate of drug-likeness (QED) is 0.159. The third kappa shape index (κ3) is 7.24. The van der Waals surface area contributed by atoms with Crippen molar-refractivity contribution < 1.29 is 8.83 Å². The Kier molecular flexibility index (Phi) is 10.5. The van der Waals surface area contributed by atoms with Gasteiger partial charge in [0, 0.05) is 76.7 Å². The van der Waals surface area contributed by atoms with Gasteiger partial charge in [-0.15, -0.1) is 0 Å². The summed E-state index contributed by atoms with van der Waals surface area (Å²) in [6, 6.07) is 87.8. The summed E-state index contributed by atoms with van der Waals surface area (Å²) in [6.07, 6.45) is 0. The van der Waals surface area contributed by atoms with Crippen LogP contribution in [0.2, 0.25) is 0 Å². The van der Waals surface area contributed by atoms with Crippen molar-refractivity contribution in [2.45, 2.75) is 13.8 Å². The summed E-state index contributed by atoms with van der Waals surface area (Å²) in [5.74, 6) is 1.72. The van der Waals surface area contributed by atoms with Gasteiger partial charge in [-0.25, -0.2) is 15.0 Å². The Hall–Kier alpha value is -10.4. The van der Waals surface area contributed by atoms with Crippen LogP contribution in [0, 0.1) is 0 Å². The van der Waals surface area contributed by atoms with E-state index in [2.05, 4.69) is 191 Å². The third-order valence-corrected chi connectivity index (χ3v) is 15.2. The largest absolute Gasteiger partial charge is 0.456 e. The predicted molar refractivity (Wildman–Crippen MR) is 322 cm³/mol. The zero-order valence-electron chi connectivity index (χ0n) is 42.7. The first-order chi connectivity index (χ1) is 38.6. The summed E-state index contributed by atoms with van der Waals surface area (Å²) in [4.78, 5) is 15.6. The summed E-state index contributed by atoms with van der Waals surface area (Å²) in [7, 11) is 0. The molecule has 78 heavy (non-hydrogen) atoms. The highest BCUT2D eigenvalue weighted by atomic mass is 16.3. The normalized spacial score (nSPS) is 11.7. The average molecular weight is 1000 g/mol. The van der Waals surface area contributed by atoms with Gasteiger partial charge in [-0.3, -0.25) is 0 Å². The van der Waals surface area contributed by atoms with E-state index in [4.69, 9.17) is 23.8 Å². The van der Waals surface area contributed by atoms with Crippen LogP contribution in [-0.2, 0) is 0 Å². The second-order valence-electron chi connectivity index (χ2n) is 19.5. The highest BCUT2D eigenvalue weighted by Gasteiger charge is 2.22. The predicted octanol–water partition coefficient (Wildman–Crippen LogP) is 19.2. The molecule has 0 saturated heterocycles. The summed E-state index contributed by atoms with van der Waals surface area (Å²) in [5.41, 5.74) is 17.1. The maximum absolute atomic E-state index is 6.36. The molecule has 368 valence electrons. The Labute approximate surface area is 448 Å². The lowest BCUT2D eigenvalue weighted by molar-refractivity contribution is 0.668. The van der Waals surface area contributed by atoms with Crippen LogP contribution in [0.5, 0.6) is 0 Å². The van der Waals surface area contributed by atoms with Crippen LogP contribution >= 0.6 is 0 Å². The molecular formula is C71H47N5O2. The van der Waals surface area contributed by atoms with Crippen LogP contribution in [0.4, 0.5) is 0 Å². The molecule has 0 aliphatic heterocycles. The maximum Gasteiger partial charge on any atom is 0.164 e. The fraction of sp³-hybridized carbons (Fsp3) is 0.0282. The van der Waals surface area contributed by atoms with Gasteiger partial charge in [0.25, 0.3) is 0 Å². The molecular weight excluding hydrogens is 955 g/mol. The molecule has 0 spiro atoms. The van der Waals surface area contributed by atoms with Crippen LogP contribution in [0.1, 0.15) is 13.8 Å². The second-order valence-corrected chi connectivity index (χ2v) is 19.5. The molecule has 0 saturated carbocycles. The molecule has 5 aromatic heterocycles. The maximum atomic E-state index is 6.36. The van der Waals surface area contributed by atoms with Crippen LogP contribution < -0.4 is 0 Å². The van der Waals surface area contributed by atoms with E-state index in [9.17, 15) is 0 Å². The van der Waals surface area contributed by atoms with Crippen molar-refractivity contribution in [1.29, 1.82) is 0 Å². The number of para-hydroxylation sites is 5. The first-order valence-corrected chi connectivity index (χ1v) is 26.6. The summed E-state index contributed by atoms with van der Waals surface area (Å²) in [5, 5.41) is 9.09. The molecule has 0 N–H and O–H groups in total. The molecule has 0 unspecified atom stereocenters. The summed E-state index contributed by atoms with van der Waals surface area (Å²) in [6.45, 7) is 4.00. The van der Waals surface area contributed by atoms with E-state index < -0.39 is 0 Å². The second kappa shape index (κ2) is 18.2. The van der Waals surface area contributed by atoms with Gasteiger partial charge in [-0.05, 0) is 102 Å². The van der Waals surface area contributed by atoms with Gasteiger partial charge in [-0.2, -0.15) is 0 Å². The van der Waals surface area contributed by atoms with Crippen LogP contribution in [0.15, 0.2) is 258 Å². The number of rotatable bonds is 7. The van der Waals surface area contributed by atoms with E-state index in [1.807, 2.05) is 80.6 Å². The number of benzene rings is 11. The van der Waals surface area contributed by atoms with Crippen molar-refractivity contribution in [3.05, 3.63) is 249 Å². The van der Waals surface area contributed by atoms with Crippen LogP contribution in [0.3, 0.4) is 0 Å². The van der Waals surface area contributed by atoms with Crippen molar-refractivity contribution in [2.75, 3.05) is 0 Å². The van der Waals surface area contributed by atoms with Crippen molar-refractivity contribution in [3.8, 4) is 67.8 Å². The van der Waals surface area contributed by atoms with Crippen LogP contribution in [0.25, 0.3) is 155 Å². The number of fused-ring (bicyclic) bond motifs is 12. The highest BCUT2D eigenvalue weighted by Crippen LogP contribution is 2.43. The Morgan fingerprint density at radius 3 is 1.53 bits per heavy atom. The zero-order chi connectivity index (χ0) is 51.8. The van der Waals surface area contributed by atoms with Gasteiger partial charge >= 0.3 is 0 Å². The molecule has 5 heterocycles. The van der Waals surface area contributed by atoms with Crippen LogP contribution in [-0.4, -0.2) is 24.1 Å². The van der Waals surface area contributed by atoms with Gasteiger partial charge in [0.2, 0.25) is 0 Å². The molecule has 0 aliphatic rings. The van der Waals surface area contributed by atoms with Gasteiger partial charge in [-0.1, -0.05) is 178 Å². The lowest BCUT2D eigenvalue weighted by atomic mass is 9.96. The number of aromatic nitrogens is 5. The Balaban J connectivity index is 0.00000262. The van der Waals surface area contributed by atoms with E-state index in [-0.39, 0.29) is 0 Å². The van der Waals surface area contributed by atoms with Gasteiger partial charge in [0.05, 0.1) is 22.1 Å². The number of nitrogens with zero attached hydrogens (tertiary/aromatic N) is 5. The van der Waals surface area contributed by atoms with Gasteiger partial charge in [0.1, 0.15) is 22.3 Å². The summed E-state index contributed by atoms with van der Waals surface area (Å²) >= 11 is 0. The molecule has 7 nitrogen and oxygen atoms in total. The van der Waals surface area contributed by atoms with Crippen molar-refractivity contribution >= 4 is 87.5 Å². The molecule has 7 heteroatoms. The molecule has 16 rings (SSSR count). The average Bonchev–Trinajstić information content (AvgIpc) is 4.41. The SMILES string of the molecule is CC.c1ccc(-c2nc(-c3cccc(-n4c5ccc(-n6c7ccccc7c7ccccc76)cc5c5cccc(-c6cccc(-c7ccc8oc9ccccc9c8c7)c6)c54)c3)nc(-c3ccc4c(c3)oc3ccccc34)n2)cc1. The minimum atomic E-state index is 0.563. The first kappa shape index (κ1) is 45.1. The fourth-order valence-corrected chi connectivity index (χ4v) is 11.7. The fourth-order valence-electron chi connectivity index (χ4n) is 11.7. The minimum absolute atomic E-state index is 0.563. The molecule has 0 atom stereocenters. The van der Waals surface area contributed by atoms with Gasteiger partial charge < -0.3 is 18.0 Å². The summed E-state index contributed by atoms with van der Waals surface area (Å²) < 4.78 is 17.4. The number of furan rings is 2. The lowest BCUT2D eigenvalue weighted by Crippen LogP contribution is -2.01. The molecule has 16 aromatic rings. The van der Waals surface area contributed by atoms with Crippen molar-refractivity contribution in [1.82, 2.24) is 24.1 Å². The Morgan fingerprint density at radius 2 is 0.769 bits per heavy atom. The Bertz CT molecular complexity index is 4970. The van der Waals surface area contributed by atoms with E-state index in [1.165, 1.54) is 21.8 Å². The van der Waals surface area contributed by atoms with Gasteiger partial charge in [0.15, 0.2) is 17.5 Å². The topological polar surface area (TPSA) is 74.8 Å². The number of hydrogen-bond acceptors (Lipinski definition) is 5.